The molecule has 3 aromatic carbocycles. The van der Waals surface area contributed by atoms with Crippen LogP contribution in [0.25, 0.3) is 11.1 Å². The molecule has 0 aliphatic rings. The van der Waals surface area contributed by atoms with E-state index in [1.54, 1.807) is 18.2 Å². The maximum Gasteiger partial charge on any atom is 0.416 e. The predicted molar refractivity (Wildman–Crippen MR) is 114 cm³/mol. The lowest BCUT2D eigenvalue weighted by Crippen LogP contribution is -2.21. The van der Waals surface area contributed by atoms with Gasteiger partial charge in [-0.1, -0.05) is 30.3 Å². The average Bonchev–Trinajstić information content (AvgIpc) is 2.82. The molecule has 0 bridgehead atoms. The number of methoxy groups -OCH3 is 1. The van der Waals surface area contributed by atoms with Crippen molar-refractivity contribution in [3.8, 4) is 11.1 Å². The van der Waals surface area contributed by atoms with Crippen molar-refractivity contribution in [3.63, 3.8) is 0 Å². The van der Waals surface area contributed by atoms with Gasteiger partial charge >= 0.3 is 18.1 Å². The second-order valence-corrected chi connectivity index (χ2v) is 6.81. The molecule has 0 radical (unpaired) electrons. The summed E-state index contributed by atoms with van der Waals surface area (Å²) in [6.45, 7) is -0.584. The van der Waals surface area contributed by atoms with Crippen LogP contribution in [0.5, 0.6) is 0 Å². The third-order valence-corrected chi connectivity index (χ3v) is 4.59. The average molecular weight is 457 g/mol. The standard InChI is InChI=1S/C24H18F3NO5/c1-32-22(30)16-8-12-18(13-9-16)28-21(29)14-33-23(31)20-5-3-2-4-19(20)15-6-10-17(11-7-15)24(25,26)27/h2-13H,14H2,1H3,(H,28,29). The van der Waals surface area contributed by atoms with Crippen LogP contribution in [0.15, 0.2) is 72.8 Å². The first-order valence-corrected chi connectivity index (χ1v) is 9.61. The van der Waals surface area contributed by atoms with Crippen molar-refractivity contribution in [3.05, 3.63) is 89.5 Å². The van der Waals surface area contributed by atoms with Crippen LogP contribution in [0, 0.1) is 0 Å². The highest BCUT2D eigenvalue weighted by molar-refractivity contribution is 5.99. The van der Waals surface area contributed by atoms with E-state index < -0.39 is 36.2 Å². The number of hydrogen-bond acceptors (Lipinski definition) is 5. The number of carbonyl (C=O) groups excluding carboxylic acids is 3. The molecule has 1 N–H and O–H groups in total. The summed E-state index contributed by atoms with van der Waals surface area (Å²) < 4.78 is 48.1. The molecular formula is C24H18F3NO5. The van der Waals surface area contributed by atoms with Gasteiger partial charge in [0, 0.05) is 5.69 Å². The van der Waals surface area contributed by atoms with E-state index in [1.807, 2.05) is 0 Å². The molecule has 0 spiro atoms. The quantitative estimate of drug-likeness (QED) is 0.530. The van der Waals surface area contributed by atoms with E-state index >= 15 is 0 Å². The zero-order valence-electron chi connectivity index (χ0n) is 17.3. The summed E-state index contributed by atoms with van der Waals surface area (Å²) >= 11 is 0. The van der Waals surface area contributed by atoms with E-state index in [9.17, 15) is 27.6 Å². The summed E-state index contributed by atoms with van der Waals surface area (Å²) in [6, 6.07) is 16.5. The molecule has 0 atom stereocenters. The van der Waals surface area contributed by atoms with Gasteiger partial charge in [0.15, 0.2) is 6.61 Å². The molecule has 170 valence electrons. The van der Waals surface area contributed by atoms with Crippen LogP contribution in [0.2, 0.25) is 0 Å². The van der Waals surface area contributed by atoms with Gasteiger partial charge in [0.25, 0.3) is 5.91 Å². The number of esters is 2. The number of amides is 1. The van der Waals surface area contributed by atoms with Crippen molar-refractivity contribution in [1.82, 2.24) is 0 Å². The van der Waals surface area contributed by atoms with E-state index in [-0.39, 0.29) is 5.56 Å². The van der Waals surface area contributed by atoms with E-state index in [1.165, 1.54) is 49.6 Å². The van der Waals surface area contributed by atoms with Crippen LogP contribution >= 0.6 is 0 Å². The van der Waals surface area contributed by atoms with Gasteiger partial charge in [-0.05, 0) is 53.6 Å². The van der Waals surface area contributed by atoms with E-state index in [4.69, 9.17) is 4.74 Å². The Hall–Kier alpha value is -4.14. The van der Waals surface area contributed by atoms with Crippen LogP contribution in [0.4, 0.5) is 18.9 Å². The van der Waals surface area contributed by atoms with Crippen molar-refractivity contribution in [2.45, 2.75) is 6.18 Å². The molecule has 0 fully saturated rings. The van der Waals surface area contributed by atoms with E-state index in [2.05, 4.69) is 10.1 Å². The molecule has 3 rings (SSSR count). The Labute approximate surface area is 186 Å². The fourth-order valence-electron chi connectivity index (χ4n) is 2.97. The van der Waals surface area contributed by atoms with Crippen LogP contribution in [-0.4, -0.2) is 31.6 Å². The smallest absolute Gasteiger partial charge is 0.416 e. The van der Waals surface area contributed by atoms with Crippen molar-refractivity contribution in [2.24, 2.45) is 0 Å². The van der Waals surface area contributed by atoms with Gasteiger partial charge in [-0.2, -0.15) is 13.2 Å². The number of hydrogen-bond donors (Lipinski definition) is 1. The molecule has 33 heavy (non-hydrogen) atoms. The summed E-state index contributed by atoms with van der Waals surface area (Å²) in [5.41, 5.74) is 0.756. The zero-order valence-corrected chi connectivity index (χ0v) is 17.3. The number of halogens is 3. The van der Waals surface area contributed by atoms with Crippen molar-refractivity contribution in [1.29, 1.82) is 0 Å². The number of rotatable bonds is 6. The minimum Gasteiger partial charge on any atom is -0.465 e. The lowest BCUT2D eigenvalue weighted by molar-refractivity contribution is -0.137. The van der Waals surface area contributed by atoms with Crippen LogP contribution in [-0.2, 0) is 20.4 Å². The molecule has 0 aliphatic heterocycles. The molecule has 3 aromatic rings. The number of carbonyl (C=O) groups is 3. The monoisotopic (exact) mass is 457 g/mol. The minimum atomic E-state index is -4.47. The first-order valence-electron chi connectivity index (χ1n) is 9.61. The fourth-order valence-corrected chi connectivity index (χ4v) is 2.97. The Bertz CT molecular complexity index is 1160. The van der Waals surface area contributed by atoms with Crippen molar-refractivity contribution < 1.29 is 37.0 Å². The van der Waals surface area contributed by atoms with Gasteiger partial charge in [0.05, 0.1) is 23.8 Å². The Morgan fingerprint density at radius 3 is 2.09 bits per heavy atom. The van der Waals surface area contributed by atoms with Crippen molar-refractivity contribution in [2.75, 3.05) is 19.0 Å². The van der Waals surface area contributed by atoms with Gasteiger partial charge in [-0.15, -0.1) is 0 Å². The third kappa shape index (κ3) is 5.97. The second kappa shape index (κ2) is 9.99. The van der Waals surface area contributed by atoms with E-state index in [0.29, 0.717) is 22.4 Å². The molecule has 0 heterocycles. The highest BCUT2D eigenvalue weighted by Gasteiger charge is 2.30. The lowest BCUT2D eigenvalue weighted by atomic mass is 9.98. The normalized spacial score (nSPS) is 10.9. The first kappa shape index (κ1) is 23.5. The van der Waals surface area contributed by atoms with E-state index in [0.717, 1.165) is 12.1 Å². The Morgan fingerprint density at radius 2 is 1.48 bits per heavy atom. The number of ether oxygens (including phenoxy) is 2. The number of benzene rings is 3. The number of nitrogens with one attached hydrogen (secondary N) is 1. The lowest BCUT2D eigenvalue weighted by Gasteiger charge is -2.12. The predicted octanol–water partition coefficient (Wildman–Crippen LogP) is 4.95. The summed E-state index contributed by atoms with van der Waals surface area (Å²) in [7, 11) is 1.25. The topological polar surface area (TPSA) is 81.7 Å². The molecule has 0 unspecified atom stereocenters. The molecule has 0 aliphatic carbocycles. The summed E-state index contributed by atoms with van der Waals surface area (Å²) in [6.07, 6.45) is -4.47. The summed E-state index contributed by atoms with van der Waals surface area (Å²) in [4.78, 5) is 36.1. The maximum absolute atomic E-state index is 12.8. The SMILES string of the molecule is COC(=O)c1ccc(NC(=O)COC(=O)c2ccccc2-c2ccc(C(F)(F)F)cc2)cc1. The Kier molecular flexibility index (Phi) is 7.12. The summed E-state index contributed by atoms with van der Waals surface area (Å²) in [5.74, 6) is -1.93. The van der Waals surface area contributed by atoms with Crippen LogP contribution in [0.1, 0.15) is 26.3 Å². The van der Waals surface area contributed by atoms with Gasteiger partial charge in [-0.25, -0.2) is 9.59 Å². The molecule has 0 saturated heterocycles. The summed E-state index contributed by atoms with van der Waals surface area (Å²) in [5, 5.41) is 2.52. The van der Waals surface area contributed by atoms with Crippen molar-refractivity contribution >= 4 is 23.5 Å². The van der Waals surface area contributed by atoms with Gasteiger partial charge in [0.1, 0.15) is 0 Å². The Morgan fingerprint density at radius 1 is 0.848 bits per heavy atom. The largest absolute Gasteiger partial charge is 0.465 e. The van der Waals surface area contributed by atoms with Gasteiger partial charge in [-0.3, -0.25) is 4.79 Å². The maximum atomic E-state index is 12.8. The highest BCUT2D eigenvalue weighted by Crippen LogP contribution is 2.32. The molecule has 6 nitrogen and oxygen atoms in total. The molecule has 0 aromatic heterocycles. The molecule has 0 saturated carbocycles. The first-order chi connectivity index (χ1) is 15.7. The van der Waals surface area contributed by atoms with Gasteiger partial charge < -0.3 is 14.8 Å². The molecule has 9 heteroatoms. The second-order valence-electron chi connectivity index (χ2n) is 6.81. The molecule has 1 amide bonds. The number of alkyl halides is 3. The fraction of sp³-hybridized carbons (Fsp3) is 0.125. The highest BCUT2D eigenvalue weighted by atomic mass is 19.4. The van der Waals surface area contributed by atoms with Crippen LogP contribution < -0.4 is 5.32 Å². The number of anilines is 1. The molecular weight excluding hydrogens is 439 g/mol. The zero-order chi connectivity index (χ0) is 24.0. The van der Waals surface area contributed by atoms with Gasteiger partial charge in [0.2, 0.25) is 0 Å². The van der Waals surface area contributed by atoms with Crippen LogP contribution in [0.3, 0.4) is 0 Å². The Balaban J connectivity index is 1.65. The minimum absolute atomic E-state index is 0.104. The third-order valence-electron chi connectivity index (χ3n) is 4.59.